The summed E-state index contributed by atoms with van der Waals surface area (Å²) in [7, 11) is 0. The van der Waals surface area contributed by atoms with Gasteiger partial charge in [-0.1, -0.05) is 39.3 Å². The van der Waals surface area contributed by atoms with E-state index in [1.54, 1.807) is 11.8 Å². The number of hydrogen-bond acceptors (Lipinski definition) is 2. The van der Waals surface area contributed by atoms with Crippen molar-refractivity contribution in [3.63, 3.8) is 0 Å². The van der Waals surface area contributed by atoms with Gasteiger partial charge < -0.3 is 10.2 Å². The Morgan fingerprint density at radius 2 is 2.00 bits per heavy atom. The maximum Gasteiger partial charge on any atom is 0.246 e. The number of rotatable bonds is 3. The molecule has 0 bridgehead atoms. The minimum absolute atomic E-state index is 0.0423. The molecule has 0 saturated carbocycles. The smallest absolute Gasteiger partial charge is 0.246 e. The molecule has 0 aromatic rings. The Kier molecular flexibility index (Phi) is 4.90. The average Bonchev–Trinajstić information content (AvgIpc) is 2.37. The van der Waals surface area contributed by atoms with Crippen LogP contribution in [0.4, 0.5) is 0 Å². The van der Waals surface area contributed by atoms with Gasteiger partial charge in [0.05, 0.1) is 0 Å². The monoisotopic (exact) mass is 300 g/mol. The van der Waals surface area contributed by atoms with Gasteiger partial charge in [0.15, 0.2) is 0 Å². The lowest BCUT2D eigenvalue weighted by Crippen LogP contribution is -2.71. The van der Waals surface area contributed by atoms with Crippen molar-refractivity contribution in [3.8, 4) is 0 Å². The third-order valence-corrected chi connectivity index (χ3v) is 4.39. The molecule has 20 heavy (non-hydrogen) atoms. The lowest BCUT2D eigenvalue weighted by molar-refractivity contribution is -0.159. The number of halogens is 1. The Morgan fingerprint density at radius 1 is 1.45 bits per heavy atom. The number of nitrogens with zero attached hydrogens (tertiary/aromatic N) is 1. The van der Waals surface area contributed by atoms with Crippen LogP contribution < -0.4 is 5.32 Å². The van der Waals surface area contributed by atoms with E-state index in [1.165, 1.54) is 5.54 Å². The molecule has 1 N–H and O–H groups in total. The maximum atomic E-state index is 12.8. The van der Waals surface area contributed by atoms with Gasteiger partial charge in [-0.15, -0.1) is 0 Å². The third kappa shape index (κ3) is 3.00. The molecule has 0 aromatic carbocycles. The first-order chi connectivity index (χ1) is 9.07. The molecule has 1 saturated heterocycles. The molecule has 1 rings (SSSR count). The molecule has 1 aliphatic heterocycles. The minimum Gasteiger partial charge on any atom is -0.342 e. The van der Waals surface area contributed by atoms with Crippen LogP contribution in [0.1, 0.15) is 48.0 Å². The lowest BCUT2D eigenvalue weighted by atomic mass is 9.80. The summed E-state index contributed by atoms with van der Waals surface area (Å²) in [5.74, 6) is -0.138. The van der Waals surface area contributed by atoms with Crippen molar-refractivity contribution in [2.45, 2.75) is 59.5 Å². The van der Waals surface area contributed by atoms with Crippen LogP contribution in [0.15, 0.2) is 11.1 Å². The molecule has 2 amide bonds. The first kappa shape index (κ1) is 17.0. The fourth-order valence-corrected chi connectivity index (χ4v) is 2.41. The zero-order valence-electron chi connectivity index (χ0n) is 13.2. The average molecular weight is 301 g/mol. The third-order valence-electron chi connectivity index (χ3n) is 4.02. The summed E-state index contributed by atoms with van der Waals surface area (Å²) < 4.78 is 0. The van der Waals surface area contributed by atoms with Crippen molar-refractivity contribution in [3.05, 3.63) is 11.1 Å². The summed E-state index contributed by atoms with van der Waals surface area (Å²) in [5, 5.41) is 2.89. The normalized spacial score (nSPS) is 28.6. The molecule has 4 nitrogen and oxygen atoms in total. The maximum absolute atomic E-state index is 12.8. The number of carbonyl (C=O) groups excluding carboxylic acids is 2. The van der Waals surface area contributed by atoms with Crippen LogP contribution >= 0.6 is 11.6 Å². The second-order valence-electron chi connectivity index (χ2n) is 6.78. The van der Waals surface area contributed by atoms with Crippen LogP contribution in [0.3, 0.4) is 0 Å². The van der Waals surface area contributed by atoms with Crippen molar-refractivity contribution >= 4 is 23.4 Å². The molecular weight excluding hydrogens is 276 g/mol. The fraction of sp³-hybridized carbons (Fsp3) is 0.733. The molecule has 1 fully saturated rings. The largest absolute Gasteiger partial charge is 0.342 e. The highest BCUT2D eigenvalue weighted by Gasteiger charge is 2.50. The van der Waals surface area contributed by atoms with Crippen LogP contribution in [-0.4, -0.2) is 34.8 Å². The van der Waals surface area contributed by atoms with Gasteiger partial charge in [0, 0.05) is 12.1 Å². The highest BCUT2D eigenvalue weighted by Crippen LogP contribution is 2.31. The van der Waals surface area contributed by atoms with Crippen LogP contribution in [0.25, 0.3) is 0 Å². The summed E-state index contributed by atoms with van der Waals surface area (Å²) in [6, 6.07) is -0.502. The van der Waals surface area contributed by atoms with E-state index in [2.05, 4.69) is 5.32 Å². The van der Waals surface area contributed by atoms with Gasteiger partial charge in [-0.05, 0) is 31.3 Å². The molecule has 1 heterocycles. The molecule has 5 heteroatoms. The Bertz CT molecular complexity index is 440. The van der Waals surface area contributed by atoms with Gasteiger partial charge in [-0.2, -0.15) is 0 Å². The summed E-state index contributed by atoms with van der Waals surface area (Å²) in [4.78, 5) is 26.9. The number of nitrogens with one attached hydrogen (secondary N) is 1. The number of hydrogen-bond donors (Lipinski definition) is 1. The molecule has 0 aromatic heterocycles. The van der Waals surface area contributed by atoms with E-state index in [-0.39, 0.29) is 17.2 Å². The first-order valence-corrected chi connectivity index (χ1v) is 7.40. The molecule has 2 unspecified atom stereocenters. The molecule has 114 valence electrons. The number of amides is 2. The van der Waals surface area contributed by atoms with E-state index < -0.39 is 11.6 Å². The summed E-state index contributed by atoms with van der Waals surface area (Å²) in [6.07, 6.45) is 0.566. The molecule has 0 aliphatic carbocycles. The van der Waals surface area contributed by atoms with Gasteiger partial charge >= 0.3 is 0 Å². The van der Waals surface area contributed by atoms with Gasteiger partial charge in [0.25, 0.3) is 0 Å². The molecule has 0 spiro atoms. The highest BCUT2D eigenvalue weighted by molar-refractivity contribution is 6.25. The van der Waals surface area contributed by atoms with E-state index >= 15 is 0 Å². The molecule has 1 aliphatic rings. The van der Waals surface area contributed by atoms with Crippen LogP contribution in [0.2, 0.25) is 0 Å². The van der Waals surface area contributed by atoms with E-state index in [9.17, 15) is 9.59 Å². The van der Waals surface area contributed by atoms with Crippen molar-refractivity contribution in [1.29, 1.82) is 0 Å². The van der Waals surface area contributed by atoms with E-state index in [0.29, 0.717) is 13.0 Å². The number of carbonyl (C=O) groups is 2. The predicted molar refractivity (Wildman–Crippen MR) is 81.4 cm³/mol. The van der Waals surface area contributed by atoms with Crippen LogP contribution in [0.5, 0.6) is 0 Å². The lowest BCUT2D eigenvalue weighted by Gasteiger charge is -2.49. The summed E-state index contributed by atoms with van der Waals surface area (Å²) >= 11 is 5.72. The van der Waals surface area contributed by atoms with E-state index in [4.69, 9.17) is 11.6 Å². The predicted octanol–water partition coefficient (Wildman–Crippen LogP) is 2.67. The van der Waals surface area contributed by atoms with Crippen molar-refractivity contribution in [2.75, 3.05) is 6.54 Å². The molecular formula is C15H25ClN2O2. The van der Waals surface area contributed by atoms with Gasteiger partial charge in [-0.3, -0.25) is 9.59 Å². The minimum atomic E-state index is -0.819. The second-order valence-corrected chi connectivity index (χ2v) is 7.00. The SMILES string of the molecule is CCC1(C)C(=O)NC(C(C)(C)C)C(=O)N1CC(C)=CCl. The van der Waals surface area contributed by atoms with Crippen LogP contribution in [0, 0.1) is 5.41 Å². The highest BCUT2D eigenvalue weighted by atomic mass is 35.5. The fourth-order valence-electron chi connectivity index (χ4n) is 2.34. The second kappa shape index (κ2) is 5.76. The van der Waals surface area contributed by atoms with E-state index in [1.807, 2.05) is 34.6 Å². The molecule has 0 radical (unpaired) electrons. The standard InChI is InChI=1S/C15H25ClN2O2/c1-7-15(6)13(20)17-11(14(3,4)5)12(19)18(15)9-10(2)8-16/h8,11H,7,9H2,1-6H3,(H,17,20). The van der Waals surface area contributed by atoms with Gasteiger partial charge in [-0.25, -0.2) is 0 Å². The topological polar surface area (TPSA) is 49.4 Å². The number of piperazine rings is 1. The quantitative estimate of drug-likeness (QED) is 0.871. The Labute approximate surface area is 126 Å². The van der Waals surface area contributed by atoms with E-state index in [0.717, 1.165) is 5.57 Å². The zero-order chi connectivity index (χ0) is 15.7. The van der Waals surface area contributed by atoms with Crippen molar-refractivity contribution < 1.29 is 9.59 Å². The van der Waals surface area contributed by atoms with Gasteiger partial charge in [0.1, 0.15) is 11.6 Å². The van der Waals surface area contributed by atoms with Gasteiger partial charge in [0.2, 0.25) is 11.8 Å². The zero-order valence-corrected chi connectivity index (χ0v) is 14.0. The molecule has 2 atom stereocenters. The van der Waals surface area contributed by atoms with Crippen LogP contribution in [-0.2, 0) is 9.59 Å². The summed E-state index contributed by atoms with van der Waals surface area (Å²) in [5.41, 5.74) is 1.18. The Hall–Kier alpha value is -1.03. The summed E-state index contributed by atoms with van der Waals surface area (Å²) in [6.45, 7) is 11.8. The first-order valence-electron chi connectivity index (χ1n) is 6.96. The van der Waals surface area contributed by atoms with Crippen molar-refractivity contribution in [1.82, 2.24) is 10.2 Å². The Morgan fingerprint density at radius 3 is 2.40 bits per heavy atom. The van der Waals surface area contributed by atoms with Crippen molar-refractivity contribution in [2.24, 2.45) is 5.41 Å². The Balaban J connectivity index is 3.22.